The Bertz CT molecular complexity index is 1580. The van der Waals surface area contributed by atoms with Crippen LogP contribution in [0, 0.1) is 6.92 Å². The molecule has 0 atom stereocenters. The number of para-hydroxylation sites is 3. The monoisotopic (exact) mass is 458 g/mol. The first kappa shape index (κ1) is 21.2. The standard InChI is InChI=1S/C30H26N4O/c1-19(2)33-24-8-4-5-9-25(24)34(29-17-20(3)15-16-31-29)27-18-22(12-14-26(27)33)23-13-11-21-7-6-10-28(35)30(21)32-23/h4-19,35H,1-3H3. The molecule has 5 heteroatoms. The Labute approximate surface area is 204 Å². The quantitative estimate of drug-likeness (QED) is 0.301. The smallest absolute Gasteiger partial charge is 0.141 e. The van der Waals surface area contributed by atoms with Crippen LogP contribution in [0.4, 0.5) is 28.6 Å². The van der Waals surface area contributed by atoms with Crippen molar-refractivity contribution < 1.29 is 5.11 Å². The van der Waals surface area contributed by atoms with Gasteiger partial charge in [-0.25, -0.2) is 9.97 Å². The maximum Gasteiger partial charge on any atom is 0.141 e. The molecule has 1 aliphatic rings. The molecule has 0 unspecified atom stereocenters. The Morgan fingerprint density at radius 1 is 0.771 bits per heavy atom. The molecule has 0 saturated heterocycles. The highest BCUT2D eigenvalue weighted by Gasteiger charge is 2.31. The summed E-state index contributed by atoms with van der Waals surface area (Å²) in [6, 6.07) is 28.8. The van der Waals surface area contributed by atoms with Gasteiger partial charge in [0, 0.05) is 23.2 Å². The summed E-state index contributed by atoms with van der Waals surface area (Å²) < 4.78 is 0. The van der Waals surface area contributed by atoms with Crippen molar-refractivity contribution >= 4 is 39.5 Å². The van der Waals surface area contributed by atoms with Gasteiger partial charge in [0.05, 0.1) is 28.4 Å². The molecule has 172 valence electrons. The van der Waals surface area contributed by atoms with E-state index in [4.69, 9.17) is 9.97 Å². The van der Waals surface area contributed by atoms with Crippen LogP contribution in [0.3, 0.4) is 0 Å². The number of nitrogens with zero attached hydrogens (tertiary/aromatic N) is 4. The number of pyridine rings is 2. The summed E-state index contributed by atoms with van der Waals surface area (Å²) in [5.74, 6) is 1.07. The maximum absolute atomic E-state index is 10.4. The summed E-state index contributed by atoms with van der Waals surface area (Å²) in [6.07, 6.45) is 1.86. The van der Waals surface area contributed by atoms with Crippen LogP contribution in [0.15, 0.2) is 91.1 Å². The number of hydrogen-bond acceptors (Lipinski definition) is 5. The summed E-state index contributed by atoms with van der Waals surface area (Å²) in [6.45, 7) is 6.51. The second kappa shape index (κ2) is 8.13. The SMILES string of the molecule is Cc1ccnc(N2c3ccccc3N(C(C)C)c3ccc(-c4ccc5cccc(O)c5n4)cc32)c1. The number of phenols is 1. The predicted octanol–water partition coefficient (Wildman–Crippen LogP) is 7.64. The molecule has 2 aromatic heterocycles. The molecule has 0 spiro atoms. The average Bonchev–Trinajstić information content (AvgIpc) is 2.86. The van der Waals surface area contributed by atoms with Gasteiger partial charge in [-0.05, 0) is 74.9 Å². The van der Waals surface area contributed by atoms with E-state index in [1.807, 2.05) is 36.5 Å². The van der Waals surface area contributed by atoms with E-state index in [1.165, 1.54) is 0 Å². The van der Waals surface area contributed by atoms with E-state index in [-0.39, 0.29) is 11.8 Å². The van der Waals surface area contributed by atoms with Gasteiger partial charge < -0.3 is 10.0 Å². The Kier molecular flexibility index (Phi) is 4.92. The van der Waals surface area contributed by atoms with Crippen molar-refractivity contribution in [2.45, 2.75) is 26.8 Å². The predicted molar refractivity (Wildman–Crippen MR) is 143 cm³/mol. The number of anilines is 5. The normalized spacial score (nSPS) is 12.7. The van der Waals surface area contributed by atoms with E-state index in [0.717, 1.165) is 50.8 Å². The van der Waals surface area contributed by atoms with Crippen LogP contribution in [0.2, 0.25) is 0 Å². The zero-order valence-corrected chi connectivity index (χ0v) is 20.0. The molecular weight excluding hydrogens is 432 g/mol. The third kappa shape index (κ3) is 3.48. The largest absolute Gasteiger partial charge is 0.506 e. The molecule has 0 bridgehead atoms. The van der Waals surface area contributed by atoms with Crippen LogP contribution >= 0.6 is 0 Å². The number of phenolic OH excluding ortho intramolecular Hbond substituents is 1. The van der Waals surface area contributed by atoms with E-state index in [2.05, 4.69) is 79.1 Å². The van der Waals surface area contributed by atoms with Crippen LogP contribution in [0.5, 0.6) is 5.75 Å². The maximum atomic E-state index is 10.4. The number of hydrogen-bond donors (Lipinski definition) is 1. The molecule has 0 aliphatic carbocycles. The fourth-order valence-corrected chi connectivity index (χ4v) is 4.92. The molecule has 5 aromatic rings. The van der Waals surface area contributed by atoms with Gasteiger partial charge in [0.25, 0.3) is 0 Å². The molecule has 1 aliphatic heterocycles. The molecule has 5 nitrogen and oxygen atoms in total. The van der Waals surface area contributed by atoms with E-state index in [0.29, 0.717) is 5.52 Å². The third-order valence-corrected chi connectivity index (χ3v) is 6.50. The zero-order chi connectivity index (χ0) is 24.1. The van der Waals surface area contributed by atoms with Crippen LogP contribution in [-0.2, 0) is 0 Å². The first-order chi connectivity index (χ1) is 17.0. The molecule has 0 radical (unpaired) electrons. The highest BCUT2D eigenvalue weighted by Crippen LogP contribution is 2.52. The van der Waals surface area contributed by atoms with Crippen molar-refractivity contribution in [2.75, 3.05) is 9.80 Å². The first-order valence-corrected chi connectivity index (χ1v) is 11.9. The van der Waals surface area contributed by atoms with Crippen LogP contribution < -0.4 is 9.80 Å². The first-order valence-electron chi connectivity index (χ1n) is 11.9. The highest BCUT2D eigenvalue weighted by molar-refractivity contribution is 5.99. The molecule has 0 saturated carbocycles. The van der Waals surface area contributed by atoms with Crippen molar-refractivity contribution in [1.29, 1.82) is 0 Å². The third-order valence-electron chi connectivity index (χ3n) is 6.50. The summed E-state index contributed by atoms with van der Waals surface area (Å²) in [7, 11) is 0. The minimum absolute atomic E-state index is 0.188. The van der Waals surface area contributed by atoms with Gasteiger partial charge in [0.1, 0.15) is 17.1 Å². The van der Waals surface area contributed by atoms with Gasteiger partial charge in [-0.2, -0.15) is 0 Å². The lowest BCUT2D eigenvalue weighted by Gasteiger charge is -2.42. The van der Waals surface area contributed by atoms with E-state index in [9.17, 15) is 5.11 Å². The zero-order valence-electron chi connectivity index (χ0n) is 20.0. The molecule has 3 heterocycles. The fourth-order valence-electron chi connectivity index (χ4n) is 4.92. The lowest BCUT2D eigenvalue weighted by molar-refractivity contribution is 0.480. The Morgan fingerprint density at radius 3 is 2.37 bits per heavy atom. The van der Waals surface area contributed by atoms with E-state index in [1.54, 1.807) is 6.07 Å². The average molecular weight is 459 g/mol. The van der Waals surface area contributed by atoms with Gasteiger partial charge in [-0.3, -0.25) is 4.90 Å². The van der Waals surface area contributed by atoms with Crippen molar-refractivity contribution in [3.8, 4) is 17.0 Å². The second-order valence-corrected chi connectivity index (χ2v) is 9.23. The molecule has 1 N–H and O–H groups in total. The lowest BCUT2D eigenvalue weighted by Crippen LogP contribution is -2.32. The van der Waals surface area contributed by atoms with Crippen LogP contribution in [-0.4, -0.2) is 21.1 Å². The van der Waals surface area contributed by atoms with Crippen molar-refractivity contribution in [3.63, 3.8) is 0 Å². The number of aromatic hydroxyl groups is 1. The Hall–Kier alpha value is -4.38. The number of aryl methyl sites for hydroxylation is 1. The summed E-state index contributed by atoms with van der Waals surface area (Å²) in [5, 5.41) is 11.3. The van der Waals surface area contributed by atoms with E-state index < -0.39 is 0 Å². The van der Waals surface area contributed by atoms with Crippen molar-refractivity contribution in [3.05, 3.63) is 96.7 Å². The minimum atomic E-state index is 0.188. The molecule has 6 rings (SSSR count). The highest BCUT2D eigenvalue weighted by atomic mass is 16.3. The number of rotatable bonds is 3. The molecule has 0 fully saturated rings. The molecular formula is C30H26N4O. The Balaban J connectivity index is 1.59. The van der Waals surface area contributed by atoms with E-state index >= 15 is 0 Å². The van der Waals surface area contributed by atoms with Crippen LogP contribution in [0.25, 0.3) is 22.2 Å². The molecule has 35 heavy (non-hydrogen) atoms. The summed E-state index contributed by atoms with van der Waals surface area (Å²) in [5.41, 5.74) is 7.97. The van der Waals surface area contributed by atoms with Crippen LogP contribution in [0.1, 0.15) is 19.4 Å². The van der Waals surface area contributed by atoms with Crippen molar-refractivity contribution in [1.82, 2.24) is 9.97 Å². The summed E-state index contributed by atoms with van der Waals surface area (Å²) in [4.78, 5) is 14.2. The van der Waals surface area contributed by atoms with Gasteiger partial charge in [-0.15, -0.1) is 0 Å². The van der Waals surface area contributed by atoms with Gasteiger partial charge in [-0.1, -0.05) is 36.4 Å². The second-order valence-electron chi connectivity index (χ2n) is 9.23. The van der Waals surface area contributed by atoms with Gasteiger partial charge in [0.15, 0.2) is 0 Å². The van der Waals surface area contributed by atoms with Gasteiger partial charge in [0.2, 0.25) is 0 Å². The molecule has 3 aromatic carbocycles. The topological polar surface area (TPSA) is 52.5 Å². The lowest BCUT2D eigenvalue weighted by atomic mass is 10.0. The van der Waals surface area contributed by atoms with Gasteiger partial charge >= 0.3 is 0 Å². The molecule has 0 amide bonds. The Morgan fingerprint density at radius 2 is 1.57 bits per heavy atom. The minimum Gasteiger partial charge on any atom is -0.506 e. The number of fused-ring (bicyclic) bond motifs is 3. The number of benzene rings is 3. The summed E-state index contributed by atoms with van der Waals surface area (Å²) >= 11 is 0. The fraction of sp³-hybridized carbons (Fsp3) is 0.133. The number of aromatic nitrogens is 2. The van der Waals surface area contributed by atoms with Crippen molar-refractivity contribution in [2.24, 2.45) is 0 Å².